The standard InChI is InChI=1S/C17H22N4O2/c1-3-5-10-18-15-11-16(20-12-19-15)21-14-9-7-6-8-13(14)17(22)23-4-2/h6-9,11-12H,3-5,10H2,1-2H3,(H2,18,19,20,21). The zero-order chi connectivity index (χ0) is 16.5. The van der Waals surface area contributed by atoms with Gasteiger partial charge in [-0.1, -0.05) is 25.5 Å². The van der Waals surface area contributed by atoms with Crippen molar-refractivity contribution in [3.05, 3.63) is 42.2 Å². The minimum Gasteiger partial charge on any atom is -0.462 e. The van der Waals surface area contributed by atoms with E-state index >= 15 is 0 Å². The van der Waals surface area contributed by atoms with Crippen LogP contribution in [0.25, 0.3) is 0 Å². The van der Waals surface area contributed by atoms with Crippen molar-refractivity contribution in [2.24, 2.45) is 0 Å². The molecule has 1 aromatic heterocycles. The van der Waals surface area contributed by atoms with E-state index in [9.17, 15) is 4.79 Å². The summed E-state index contributed by atoms with van der Waals surface area (Å²) in [5.41, 5.74) is 1.14. The van der Waals surface area contributed by atoms with Crippen molar-refractivity contribution in [3.8, 4) is 0 Å². The largest absolute Gasteiger partial charge is 0.462 e. The van der Waals surface area contributed by atoms with Crippen molar-refractivity contribution in [1.29, 1.82) is 0 Å². The number of esters is 1. The van der Waals surface area contributed by atoms with Crippen molar-refractivity contribution < 1.29 is 9.53 Å². The molecular weight excluding hydrogens is 292 g/mol. The number of aromatic nitrogens is 2. The molecule has 0 unspecified atom stereocenters. The molecular formula is C17H22N4O2. The van der Waals surface area contributed by atoms with Gasteiger partial charge in [0.25, 0.3) is 0 Å². The number of hydrogen-bond donors (Lipinski definition) is 2. The van der Waals surface area contributed by atoms with E-state index in [1.54, 1.807) is 19.1 Å². The van der Waals surface area contributed by atoms with Crippen molar-refractivity contribution in [2.75, 3.05) is 23.8 Å². The third-order valence-corrected chi connectivity index (χ3v) is 3.19. The molecule has 0 aliphatic rings. The van der Waals surface area contributed by atoms with Gasteiger partial charge in [0.15, 0.2) is 0 Å². The normalized spacial score (nSPS) is 10.2. The number of anilines is 3. The Bertz CT molecular complexity index is 646. The zero-order valence-electron chi connectivity index (χ0n) is 13.5. The van der Waals surface area contributed by atoms with Crippen LogP contribution in [0.3, 0.4) is 0 Å². The Hall–Kier alpha value is -2.63. The van der Waals surface area contributed by atoms with Crippen LogP contribution in [0.5, 0.6) is 0 Å². The van der Waals surface area contributed by atoms with Gasteiger partial charge in [0.05, 0.1) is 17.9 Å². The Morgan fingerprint density at radius 2 is 1.96 bits per heavy atom. The van der Waals surface area contributed by atoms with Gasteiger partial charge >= 0.3 is 5.97 Å². The summed E-state index contributed by atoms with van der Waals surface area (Å²) in [4.78, 5) is 20.4. The average molecular weight is 314 g/mol. The van der Waals surface area contributed by atoms with Gasteiger partial charge in [-0.05, 0) is 25.5 Å². The molecule has 0 amide bonds. The van der Waals surface area contributed by atoms with E-state index in [2.05, 4.69) is 27.5 Å². The van der Waals surface area contributed by atoms with E-state index in [4.69, 9.17) is 4.74 Å². The van der Waals surface area contributed by atoms with Crippen LogP contribution < -0.4 is 10.6 Å². The molecule has 6 heteroatoms. The van der Waals surface area contributed by atoms with E-state index in [1.165, 1.54) is 6.33 Å². The first-order chi connectivity index (χ1) is 11.2. The van der Waals surface area contributed by atoms with Crippen LogP contribution in [0.4, 0.5) is 17.3 Å². The Labute approximate surface area is 136 Å². The lowest BCUT2D eigenvalue weighted by molar-refractivity contribution is 0.0527. The van der Waals surface area contributed by atoms with Crippen molar-refractivity contribution >= 4 is 23.3 Å². The Morgan fingerprint density at radius 1 is 1.17 bits per heavy atom. The lowest BCUT2D eigenvalue weighted by Crippen LogP contribution is -2.09. The quantitative estimate of drug-likeness (QED) is 0.572. The second kappa shape index (κ2) is 8.73. The first kappa shape index (κ1) is 16.7. The Balaban J connectivity index is 2.13. The van der Waals surface area contributed by atoms with Gasteiger partial charge in [-0.3, -0.25) is 0 Å². The first-order valence-corrected chi connectivity index (χ1v) is 7.83. The fraction of sp³-hybridized carbons (Fsp3) is 0.353. The fourth-order valence-corrected chi connectivity index (χ4v) is 2.03. The predicted octanol–water partition coefficient (Wildman–Crippen LogP) is 3.61. The van der Waals surface area contributed by atoms with Crippen LogP contribution in [0, 0.1) is 0 Å². The highest BCUT2D eigenvalue weighted by atomic mass is 16.5. The summed E-state index contributed by atoms with van der Waals surface area (Å²) in [7, 11) is 0. The third-order valence-electron chi connectivity index (χ3n) is 3.19. The molecule has 0 saturated heterocycles. The van der Waals surface area contributed by atoms with E-state index in [1.807, 2.05) is 18.2 Å². The minimum atomic E-state index is -0.356. The van der Waals surface area contributed by atoms with Gasteiger partial charge in [-0.25, -0.2) is 14.8 Å². The monoisotopic (exact) mass is 314 g/mol. The fourth-order valence-electron chi connectivity index (χ4n) is 2.03. The second-order valence-corrected chi connectivity index (χ2v) is 4.96. The van der Waals surface area contributed by atoms with Crippen LogP contribution in [0.2, 0.25) is 0 Å². The van der Waals surface area contributed by atoms with Crippen molar-refractivity contribution in [2.45, 2.75) is 26.7 Å². The number of rotatable bonds is 8. The maximum absolute atomic E-state index is 12.0. The second-order valence-electron chi connectivity index (χ2n) is 4.96. The summed E-state index contributed by atoms with van der Waals surface area (Å²) in [5.74, 6) is 1.02. The maximum Gasteiger partial charge on any atom is 0.340 e. The van der Waals surface area contributed by atoms with Gasteiger partial charge in [0.1, 0.15) is 18.0 Å². The molecule has 2 rings (SSSR count). The van der Waals surface area contributed by atoms with E-state index in [-0.39, 0.29) is 5.97 Å². The van der Waals surface area contributed by atoms with Gasteiger partial charge in [-0.15, -0.1) is 0 Å². The number of unbranched alkanes of at least 4 members (excludes halogenated alkanes) is 1. The molecule has 122 valence electrons. The molecule has 0 saturated carbocycles. The average Bonchev–Trinajstić information content (AvgIpc) is 2.56. The lowest BCUT2D eigenvalue weighted by Gasteiger charge is -2.11. The number of carbonyl (C=O) groups excluding carboxylic acids is 1. The maximum atomic E-state index is 12.0. The van der Waals surface area contributed by atoms with Gasteiger partial charge < -0.3 is 15.4 Å². The molecule has 0 aliphatic heterocycles. The number of benzene rings is 1. The summed E-state index contributed by atoms with van der Waals surface area (Å²) in [6.45, 7) is 5.13. The topological polar surface area (TPSA) is 76.1 Å². The predicted molar refractivity (Wildman–Crippen MR) is 91.1 cm³/mol. The van der Waals surface area contributed by atoms with E-state index in [0.717, 1.165) is 25.2 Å². The Kier molecular flexibility index (Phi) is 6.35. The van der Waals surface area contributed by atoms with Gasteiger partial charge in [-0.2, -0.15) is 0 Å². The highest BCUT2D eigenvalue weighted by Crippen LogP contribution is 2.21. The zero-order valence-corrected chi connectivity index (χ0v) is 13.5. The number of carbonyl (C=O) groups is 1. The number of para-hydroxylation sites is 1. The smallest absolute Gasteiger partial charge is 0.340 e. The van der Waals surface area contributed by atoms with Crippen LogP contribution in [-0.4, -0.2) is 29.1 Å². The summed E-state index contributed by atoms with van der Waals surface area (Å²) in [6, 6.07) is 9.01. The van der Waals surface area contributed by atoms with Crippen LogP contribution >= 0.6 is 0 Å². The summed E-state index contributed by atoms with van der Waals surface area (Å²) < 4.78 is 5.07. The molecule has 1 heterocycles. The molecule has 0 aliphatic carbocycles. The summed E-state index contributed by atoms with van der Waals surface area (Å²) >= 11 is 0. The van der Waals surface area contributed by atoms with Crippen molar-refractivity contribution in [3.63, 3.8) is 0 Å². The van der Waals surface area contributed by atoms with E-state index < -0.39 is 0 Å². The number of hydrogen-bond acceptors (Lipinski definition) is 6. The first-order valence-electron chi connectivity index (χ1n) is 7.83. The number of nitrogens with one attached hydrogen (secondary N) is 2. The molecule has 0 atom stereocenters. The molecule has 2 aromatic rings. The molecule has 0 fully saturated rings. The molecule has 6 nitrogen and oxygen atoms in total. The molecule has 2 N–H and O–H groups in total. The molecule has 23 heavy (non-hydrogen) atoms. The van der Waals surface area contributed by atoms with Crippen LogP contribution in [-0.2, 0) is 4.74 Å². The summed E-state index contributed by atoms with van der Waals surface area (Å²) in [5, 5.41) is 6.40. The molecule has 0 bridgehead atoms. The van der Waals surface area contributed by atoms with Crippen LogP contribution in [0.1, 0.15) is 37.0 Å². The third kappa shape index (κ3) is 4.95. The Morgan fingerprint density at radius 3 is 2.74 bits per heavy atom. The summed E-state index contributed by atoms with van der Waals surface area (Å²) in [6.07, 6.45) is 3.69. The van der Waals surface area contributed by atoms with Gasteiger partial charge in [0, 0.05) is 12.6 Å². The molecule has 1 aromatic carbocycles. The highest BCUT2D eigenvalue weighted by Gasteiger charge is 2.12. The SMILES string of the molecule is CCCCNc1cc(Nc2ccccc2C(=O)OCC)ncn1. The highest BCUT2D eigenvalue weighted by molar-refractivity contribution is 5.96. The van der Waals surface area contributed by atoms with Crippen LogP contribution in [0.15, 0.2) is 36.7 Å². The van der Waals surface area contributed by atoms with Crippen molar-refractivity contribution in [1.82, 2.24) is 9.97 Å². The lowest BCUT2D eigenvalue weighted by atomic mass is 10.2. The van der Waals surface area contributed by atoms with Gasteiger partial charge in [0.2, 0.25) is 0 Å². The molecule has 0 spiro atoms. The van der Waals surface area contributed by atoms with E-state index in [0.29, 0.717) is 23.7 Å². The number of nitrogens with zero attached hydrogens (tertiary/aromatic N) is 2. The number of ether oxygens (including phenoxy) is 1. The molecule has 0 radical (unpaired) electrons. The minimum absolute atomic E-state index is 0.339.